The molecule has 0 aliphatic rings. The summed E-state index contributed by atoms with van der Waals surface area (Å²) in [4.78, 5) is 27.9. The average molecular weight is 532 g/mol. The van der Waals surface area contributed by atoms with E-state index >= 15 is 0 Å². The van der Waals surface area contributed by atoms with Gasteiger partial charge in [-0.3, -0.25) is 13.9 Å². The molecule has 0 spiro atoms. The fourth-order valence-electron chi connectivity index (χ4n) is 4.00. The molecular formula is C28H41N3O5S. The highest BCUT2D eigenvalue weighted by atomic mass is 32.2. The van der Waals surface area contributed by atoms with Crippen molar-refractivity contribution >= 4 is 27.5 Å². The molecule has 2 aromatic carbocycles. The molecule has 2 amide bonds. The van der Waals surface area contributed by atoms with Crippen molar-refractivity contribution in [2.24, 2.45) is 0 Å². The maximum Gasteiger partial charge on any atom is 0.242 e. The molecule has 204 valence electrons. The van der Waals surface area contributed by atoms with E-state index in [9.17, 15) is 18.0 Å². The van der Waals surface area contributed by atoms with Crippen molar-refractivity contribution < 1.29 is 22.7 Å². The van der Waals surface area contributed by atoms with Gasteiger partial charge in [-0.05, 0) is 75.4 Å². The van der Waals surface area contributed by atoms with Crippen LogP contribution in [0.3, 0.4) is 0 Å². The van der Waals surface area contributed by atoms with E-state index in [1.165, 1.54) is 10.6 Å². The van der Waals surface area contributed by atoms with Gasteiger partial charge in [-0.15, -0.1) is 0 Å². The molecule has 0 radical (unpaired) electrons. The molecule has 8 nitrogen and oxygen atoms in total. The Morgan fingerprint density at radius 2 is 1.76 bits per heavy atom. The molecule has 0 heterocycles. The fraction of sp³-hybridized carbons (Fsp3) is 0.500. The zero-order chi connectivity index (χ0) is 27.8. The lowest BCUT2D eigenvalue weighted by Crippen LogP contribution is -2.49. The first-order chi connectivity index (χ1) is 17.4. The summed E-state index contributed by atoms with van der Waals surface area (Å²) in [7, 11) is -1.97. The van der Waals surface area contributed by atoms with Crippen LogP contribution in [0, 0.1) is 13.8 Å². The summed E-state index contributed by atoms with van der Waals surface area (Å²) in [6.07, 6.45) is 2.37. The Morgan fingerprint density at radius 3 is 2.38 bits per heavy atom. The molecule has 0 aromatic heterocycles. The first kappa shape index (κ1) is 30.2. The number of anilines is 1. The zero-order valence-corrected chi connectivity index (χ0v) is 23.9. The third-order valence-corrected chi connectivity index (χ3v) is 7.83. The van der Waals surface area contributed by atoms with E-state index < -0.39 is 16.1 Å². The molecule has 0 bridgehead atoms. The largest absolute Gasteiger partial charge is 0.497 e. The number of rotatable bonds is 13. The minimum atomic E-state index is -3.55. The van der Waals surface area contributed by atoms with Crippen LogP contribution < -0.4 is 14.4 Å². The first-order valence-corrected chi connectivity index (χ1v) is 14.5. The number of hydrogen-bond donors (Lipinski definition) is 1. The van der Waals surface area contributed by atoms with Gasteiger partial charge in [0.15, 0.2) is 0 Å². The van der Waals surface area contributed by atoms with Crippen molar-refractivity contribution in [3.63, 3.8) is 0 Å². The van der Waals surface area contributed by atoms with Gasteiger partial charge in [0.05, 0.1) is 19.1 Å². The lowest BCUT2D eigenvalue weighted by Gasteiger charge is -2.30. The summed E-state index contributed by atoms with van der Waals surface area (Å²) in [5, 5.41) is 2.96. The number of amides is 2. The number of nitrogens with zero attached hydrogens (tertiary/aromatic N) is 2. The van der Waals surface area contributed by atoms with Crippen molar-refractivity contribution in [2.75, 3.05) is 24.2 Å². The SMILES string of the molecule is CCC(C)NC(=O)C(C)N(Cc1cccc(OC)c1)C(=O)CCCN(c1cccc(C)c1C)S(C)(=O)=O. The van der Waals surface area contributed by atoms with E-state index in [-0.39, 0.29) is 37.4 Å². The Balaban J connectivity index is 2.23. The molecule has 0 fully saturated rings. The molecule has 0 saturated carbocycles. The van der Waals surface area contributed by atoms with Crippen molar-refractivity contribution in [1.29, 1.82) is 0 Å². The maximum absolute atomic E-state index is 13.4. The quantitative estimate of drug-likeness (QED) is 0.418. The molecule has 0 aliphatic heterocycles. The van der Waals surface area contributed by atoms with E-state index in [0.29, 0.717) is 17.9 Å². The Morgan fingerprint density at radius 1 is 1.08 bits per heavy atom. The Hall–Kier alpha value is -3.07. The number of sulfonamides is 1. The molecule has 2 unspecified atom stereocenters. The molecule has 2 aromatic rings. The van der Waals surface area contributed by atoms with Gasteiger partial charge in [0, 0.05) is 25.6 Å². The predicted octanol–water partition coefficient (Wildman–Crippen LogP) is 4.19. The Labute approximate surface area is 222 Å². The van der Waals surface area contributed by atoms with Crippen molar-refractivity contribution in [2.45, 2.75) is 72.5 Å². The van der Waals surface area contributed by atoms with E-state index in [1.807, 2.05) is 64.1 Å². The van der Waals surface area contributed by atoms with E-state index in [1.54, 1.807) is 25.0 Å². The molecular weight excluding hydrogens is 490 g/mol. The minimum absolute atomic E-state index is 0.00962. The Kier molecular flexibility index (Phi) is 11.0. The summed E-state index contributed by atoms with van der Waals surface area (Å²) >= 11 is 0. The molecule has 2 atom stereocenters. The zero-order valence-electron chi connectivity index (χ0n) is 23.1. The second-order valence-electron chi connectivity index (χ2n) is 9.52. The first-order valence-electron chi connectivity index (χ1n) is 12.7. The lowest BCUT2D eigenvalue weighted by molar-refractivity contribution is -0.140. The number of carbonyl (C=O) groups is 2. The van der Waals surface area contributed by atoms with Gasteiger partial charge in [0.2, 0.25) is 21.8 Å². The van der Waals surface area contributed by atoms with Crippen molar-refractivity contribution in [3.05, 3.63) is 59.2 Å². The standard InChI is InChI=1S/C28H41N3O5S/c1-8-21(3)29-28(33)23(5)30(19-24-13-10-14-25(18-24)36-6)27(32)16-11-17-31(37(7,34)35)26-15-9-12-20(2)22(26)4/h9-10,12-15,18,21,23H,8,11,16-17,19H2,1-7H3,(H,29,33). The van der Waals surface area contributed by atoms with E-state index in [4.69, 9.17) is 4.74 Å². The van der Waals surface area contributed by atoms with Gasteiger partial charge in [-0.2, -0.15) is 0 Å². The number of ether oxygens (including phenoxy) is 1. The second-order valence-corrected chi connectivity index (χ2v) is 11.4. The molecule has 0 saturated heterocycles. The van der Waals surface area contributed by atoms with Crippen molar-refractivity contribution in [3.8, 4) is 5.75 Å². The fourth-order valence-corrected chi connectivity index (χ4v) is 5.02. The van der Waals surface area contributed by atoms with Crippen LogP contribution in [0.5, 0.6) is 5.75 Å². The minimum Gasteiger partial charge on any atom is -0.497 e. The number of methoxy groups -OCH3 is 1. The lowest BCUT2D eigenvalue weighted by atomic mass is 10.1. The normalized spacial score (nSPS) is 12.9. The smallest absolute Gasteiger partial charge is 0.242 e. The van der Waals surface area contributed by atoms with Gasteiger partial charge in [-0.1, -0.05) is 31.2 Å². The third-order valence-electron chi connectivity index (χ3n) is 6.65. The van der Waals surface area contributed by atoms with Crippen LogP contribution in [0.2, 0.25) is 0 Å². The molecule has 1 N–H and O–H groups in total. The van der Waals surface area contributed by atoms with Crippen LogP contribution in [-0.4, -0.2) is 57.1 Å². The van der Waals surface area contributed by atoms with Crippen LogP contribution in [0.25, 0.3) is 0 Å². The molecule has 2 rings (SSSR count). The predicted molar refractivity (Wildman–Crippen MR) is 148 cm³/mol. The van der Waals surface area contributed by atoms with Gasteiger partial charge in [0.25, 0.3) is 0 Å². The monoisotopic (exact) mass is 531 g/mol. The van der Waals surface area contributed by atoms with Crippen LogP contribution >= 0.6 is 0 Å². The molecule has 0 aliphatic carbocycles. The van der Waals surface area contributed by atoms with Crippen molar-refractivity contribution in [1.82, 2.24) is 10.2 Å². The highest BCUT2D eigenvalue weighted by Gasteiger charge is 2.27. The number of carbonyl (C=O) groups excluding carboxylic acids is 2. The van der Waals surface area contributed by atoms with Gasteiger partial charge >= 0.3 is 0 Å². The van der Waals surface area contributed by atoms with Gasteiger partial charge < -0.3 is 15.0 Å². The Bertz CT molecular complexity index is 1180. The summed E-state index contributed by atoms with van der Waals surface area (Å²) in [5.74, 6) is 0.224. The molecule has 37 heavy (non-hydrogen) atoms. The third kappa shape index (κ3) is 8.49. The van der Waals surface area contributed by atoms with E-state index in [0.717, 1.165) is 23.1 Å². The summed E-state index contributed by atoms with van der Waals surface area (Å²) in [6, 6.07) is 12.2. The van der Waals surface area contributed by atoms with Crippen LogP contribution in [0.1, 0.15) is 56.7 Å². The summed E-state index contributed by atoms with van der Waals surface area (Å²) < 4.78 is 31.9. The van der Waals surface area contributed by atoms with Crippen LogP contribution in [0.15, 0.2) is 42.5 Å². The maximum atomic E-state index is 13.4. The van der Waals surface area contributed by atoms with Crippen LogP contribution in [-0.2, 0) is 26.2 Å². The van der Waals surface area contributed by atoms with Gasteiger partial charge in [-0.25, -0.2) is 8.42 Å². The topological polar surface area (TPSA) is 96.0 Å². The van der Waals surface area contributed by atoms with E-state index in [2.05, 4.69) is 5.32 Å². The number of hydrogen-bond acceptors (Lipinski definition) is 5. The highest BCUT2D eigenvalue weighted by Crippen LogP contribution is 2.25. The number of aryl methyl sites for hydroxylation is 1. The highest BCUT2D eigenvalue weighted by molar-refractivity contribution is 7.92. The molecule has 9 heteroatoms. The summed E-state index contributed by atoms with van der Waals surface area (Å²) in [5.41, 5.74) is 3.33. The number of nitrogens with one attached hydrogen (secondary N) is 1. The van der Waals surface area contributed by atoms with Crippen LogP contribution in [0.4, 0.5) is 5.69 Å². The average Bonchev–Trinajstić information content (AvgIpc) is 2.85. The number of benzene rings is 2. The second kappa shape index (κ2) is 13.5. The summed E-state index contributed by atoms with van der Waals surface area (Å²) in [6.45, 7) is 9.85. The van der Waals surface area contributed by atoms with Gasteiger partial charge in [0.1, 0.15) is 11.8 Å².